The third kappa shape index (κ3) is 2.19. The fraction of sp³-hybridized carbons (Fsp3) is 1.00. The molecule has 1 heterocycles. The zero-order valence-corrected chi connectivity index (χ0v) is 9.74. The average Bonchev–Trinajstić information content (AvgIpc) is 2.79. The fourth-order valence-corrected chi connectivity index (χ4v) is 3.53. The van der Waals surface area contributed by atoms with Gasteiger partial charge in [0.05, 0.1) is 13.2 Å². The zero-order valence-electron chi connectivity index (χ0n) is 9.74. The molecule has 2 aliphatic rings. The van der Waals surface area contributed by atoms with E-state index in [0.29, 0.717) is 11.3 Å². The lowest BCUT2D eigenvalue weighted by molar-refractivity contribution is 0.0968. The number of likely N-dealkylation sites (tertiary alicyclic amines) is 1. The Morgan fingerprint density at radius 2 is 2.13 bits per heavy atom. The van der Waals surface area contributed by atoms with Crippen LogP contribution in [0.25, 0.3) is 0 Å². The van der Waals surface area contributed by atoms with Crippen molar-refractivity contribution >= 4 is 0 Å². The largest absolute Gasteiger partial charge is 0.395 e. The molecule has 1 aliphatic heterocycles. The van der Waals surface area contributed by atoms with Gasteiger partial charge in [-0.3, -0.25) is 0 Å². The van der Waals surface area contributed by atoms with Crippen molar-refractivity contribution in [3.05, 3.63) is 0 Å². The van der Waals surface area contributed by atoms with Crippen LogP contribution in [0.15, 0.2) is 0 Å². The molecule has 0 unspecified atom stereocenters. The highest BCUT2D eigenvalue weighted by molar-refractivity contribution is 4.99. The summed E-state index contributed by atoms with van der Waals surface area (Å²) in [6.07, 6.45) is 5.49. The molecule has 1 saturated carbocycles. The quantitative estimate of drug-likeness (QED) is 0.759. The van der Waals surface area contributed by atoms with Gasteiger partial charge in [0.2, 0.25) is 0 Å². The van der Waals surface area contributed by atoms with E-state index in [-0.39, 0.29) is 6.61 Å². The number of aliphatic hydroxyl groups is 1. The molecular formula is C12H23NO2. The summed E-state index contributed by atoms with van der Waals surface area (Å²) in [7, 11) is 1.80. The number of nitrogens with zero attached hydrogens (tertiary/aromatic N) is 1. The van der Waals surface area contributed by atoms with Crippen LogP contribution in [0.5, 0.6) is 0 Å². The maximum absolute atomic E-state index is 9.00. The number of hydrogen-bond acceptors (Lipinski definition) is 3. The minimum absolute atomic E-state index is 0.287. The molecule has 0 bridgehead atoms. The molecule has 1 N–H and O–H groups in total. The molecule has 0 aromatic rings. The third-order valence-electron chi connectivity index (χ3n) is 4.27. The standard InChI is InChI=1S/C12H23NO2/c1-15-9-11-8-13(6-7-14)10-12(11)4-2-3-5-12/h11,14H,2-10H2,1H3/t11-/m1/s1. The zero-order chi connectivity index (χ0) is 10.7. The van der Waals surface area contributed by atoms with E-state index in [1.807, 2.05) is 0 Å². The Hall–Kier alpha value is -0.120. The molecule has 0 radical (unpaired) electrons. The topological polar surface area (TPSA) is 32.7 Å². The number of methoxy groups -OCH3 is 1. The van der Waals surface area contributed by atoms with E-state index in [2.05, 4.69) is 4.90 Å². The molecule has 88 valence electrons. The lowest BCUT2D eigenvalue weighted by Crippen LogP contribution is -2.30. The second kappa shape index (κ2) is 4.81. The summed E-state index contributed by atoms with van der Waals surface area (Å²) in [5.41, 5.74) is 0.519. The lowest BCUT2D eigenvalue weighted by Gasteiger charge is -2.29. The lowest BCUT2D eigenvalue weighted by atomic mass is 9.77. The summed E-state index contributed by atoms with van der Waals surface area (Å²) in [5.74, 6) is 0.691. The van der Waals surface area contributed by atoms with Gasteiger partial charge in [0, 0.05) is 32.7 Å². The van der Waals surface area contributed by atoms with Crippen LogP contribution in [0.4, 0.5) is 0 Å². The van der Waals surface area contributed by atoms with Gasteiger partial charge in [0.25, 0.3) is 0 Å². The second-order valence-electron chi connectivity index (χ2n) is 5.18. The van der Waals surface area contributed by atoms with Crippen molar-refractivity contribution in [1.29, 1.82) is 0 Å². The summed E-state index contributed by atoms with van der Waals surface area (Å²) < 4.78 is 5.35. The monoisotopic (exact) mass is 213 g/mol. The van der Waals surface area contributed by atoms with Gasteiger partial charge in [0.15, 0.2) is 0 Å². The number of rotatable bonds is 4. The fourth-order valence-electron chi connectivity index (χ4n) is 3.53. The minimum Gasteiger partial charge on any atom is -0.395 e. The van der Waals surface area contributed by atoms with Crippen LogP contribution in [0.2, 0.25) is 0 Å². The van der Waals surface area contributed by atoms with Gasteiger partial charge in [-0.2, -0.15) is 0 Å². The molecule has 0 aromatic carbocycles. The van der Waals surface area contributed by atoms with E-state index < -0.39 is 0 Å². The number of aliphatic hydroxyl groups excluding tert-OH is 1. The van der Waals surface area contributed by atoms with Crippen molar-refractivity contribution in [2.45, 2.75) is 25.7 Å². The molecule has 0 aromatic heterocycles. The van der Waals surface area contributed by atoms with E-state index >= 15 is 0 Å². The summed E-state index contributed by atoms with van der Waals surface area (Å²) in [6.45, 7) is 4.32. The normalized spacial score (nSPS) is 30.4. The predicted molar refractivity (Wildman–Crippen MR) is 59.8 cm³/mol. The first kappa shape index (κ1) is 11.4. The van der Waals surface area contributed by atoms with Gasteiger partial charge >= 0.3 is 0 Å². The van der Waals surface area contributed by atoms with Crippen LogP contribution in [0.1, 0.15) is 25.7 Å². The summed E-state index contributed by atoms with van der Waals surface area (Å²) in [6, 6.07) is 0. The molecule has 0 amide bonds. The Morgan fingerprint density at radius 3 is 2.73 bits per heavy atom. The summed E-state index contributed by atoms with van der Waals surface area (Å²) >= 11 is 0. The summed E-state index contributed by atoms with van der Waals surface area (Å²) in [5, 5.41) is 9.00. The molecule has 2 fully saturated rings. The molecule has 1 saturated heterocycles. The van der Waals surface area contributed by atoms with Crippen molar-refractivity contribution in [2.75, 3.05) is 40.0 Å². The number of ether oxygens (including phenoxy) is 1. The van der Waals surface area contributed by atoms with Crippen molar-refractivity contribution in [3.63, 3.8) is 0 Å². The molecule has 1 atom stereocenters. The molecule has 3 nitrogen and oxygen atoms in total. The number of hydrogen-bond donors (Lipinski definition) is 1. The SMILES string of the molecule is COC[C@H]1CN(CCO)CC12CCCC2. The van der Waals surface area contributed by atoms with E-state index in [1.165, 1.54) is 32.2 Å². The van der Waals surface area contributed by atoms with Crippen molar-refractivity contribution < 1.29 is 9.84 Å². The molecule has 2 rings (SSSR count). The Bertz CT molecular complexity index is 202. The van der Waals surface area contributed by atoms with Crippen LogP contribution in [-0.2, 0) is 4.74 Å². The maximum Gasteiger partial charge on any atom is 0.0558 e. The van der Waals surface area contributed by atoms with Crippen LogP contribution in [0, 0.1) is 11.3 Å². The van der Waals surface area contributed by atoms with Crippen LogP contribution < -0.4 is 0 Å². The maximum atomic E-state index is 9.00. The van der Waals surface area contributed by atoms with Crippen LogP contribution in [-0.4, -0.2) is 50.0 Å². The third-order valence-corrected chi connectivity index (χ3v) is 4.27. The van der Waals surface area contributed by atoms with Gasteiger partial charge in [0.1, 0.15) is 0 Å². The minimum atomic E-state index is 0.287. The first-order valence-corrected chi connectivity index (χ1v) is 6.13. The van der Waals surface area contributed by atoms with Crippen LogP contribution in [0.3, 0.4) is 0 Å². The van der Waals surface area contributed by atoms with Crippen LogP contribution >= 0.6 is 0 Å². The van der Waals surface area contributed by atoms with E-state index in [4.69, 9.17) is 9.84 Å². The van der Waals surface area contributed by atoms with Crippen molar-refractivity contribution in [1.82, 2.24) is 4.90 Å². The van der Waals surface area contributed by atoms with Gasteiger partial charge in [-0.25, -0.2) is 0 Å². The number of β-amino-alcohol motifs (C(OH)–C–C–N with tert-alkyl or cyclic N) is 1. The van der Waals surface area contributed by atoms with Gasteiger partial charge in [-0.15, -0.1) is 0 Å². The van der Waals surface area contributed by atoms with Gasteiger partial charge in [-0.05, 0) is 18.3 Å². The van der Waals surface area contributed by atoms with E-state index in [1.54, 1.807) is 7.11 Å². The van der Waals surface area contributed by atoms with Gasteiger partial charge < -0.3 is 14.7 Å². The highest BCUT2D eigenvalue weighted by Gasteiger charge is 2.47. The molecule has 1 aliphatic carbocycles. The molecule has 1 spiro atoms. The highest BCUT2D eigenvalue weighted by atomic mass is 16.5. The Kier molecular flexibility index (Phi) is 3.65. The summed E-state index contributed by atoms with van der Waals surface area (Å²) in [4.78, 5) is 2.41. The van der Waals surface area contributed by atoms with Crippen molar-refractivity contribution in [3.8, 4) is 0 Å². The van der Waals surface area contributed by atoms with E-state index in [0.717, 1.165) is 19.7 Å². The molecule has 3 heteroatoms. The van der Waals surface area contributed by atoms with Gasteiger partial charge in [-0.1, -0.05) is 12.8 Å². The smallest absolute Gasteiger partial charge is 0.0558 e. The molecular weight excluding hydrogens is 190 g/mol. The predicted octanol–water partition coefficient (Wildman–Crippen LogP) is 1.12. The first-order chi connectivity index (χ1) is 7.30. The van der Waals surface area contributed by atoms with Crippen molar-refractivity contribution in [2.24, 2.45) is 11.3 Å². The second-order valence-corrected chi connectivity index (χ2v) is 5.18. The Balaban J connectivity index is 2.00. The first-order valence-electron chi connectivity index (χ1n) is 6.13. The Morgan fingerprint density at radius 1 is 1.40 bits per heavy atom. The average molecular weight is 213 g/mol. The molecule has 15 heavy (non-hydrogen) atoms. The van der Waals surface area contributed by atoms with E-state index in [9.17, 15) is 0 Å². The highest BCUT2D eigenvalue weighted by Crippen LogP contribution is 2.48. The Labute approximate surface area is 92.4 Å².